The van der Waals surface area contributed by atoms with E-state index in [4.69, 9.17) is 11.6 Å². The van der Waals surface area contributed by atoms with E-state index in [1.54, 1.807) is 12.2 Å². The molecule has 0 aliphatic rings. The first kappa shape index (κ1) is 15.8. The van der Waals surface area contributed by atoms with Crippen LogP contribution in [-0.4, -0.2) is 12.5 Å². The Kier molecular flexibility index (Phi) is 6.65. The van der Waals surface area contributed by atoms with E-state index in [1.807, 2.05) is 25.1 Å². The number of nitrogens with one attached hydrogen (secondary N) is 1. The molecule has 0 saturated carbocycles. The molecule has 0 bridgehead atoms. The Morgan fingerprint density at radius 2 is 2.05 bits per heavy atom. The average Bonchev–Trinajstić information content (AvgIpc) is 2.41. The number of carbonyl (C=O) groups is 1. The molecule has 1 N–H and O–H groups in total. The summed E-state index contributed by atoms with van der Waals surface area (Å²) in [5, 5.41) is 3.64. The van der Waals surface area contributed by atoms with E-state index < -0.39 is 0 Å². The second-order valence-corrected chi connectivity index (χ2v) is 5.18. The smallest absolute Gasteiger partial charge is 0.244 e. The van der Waals surface area contributed by atoms with Crippen LogP contribution in [0.15, 0.2) is 24.3 Å². The molecule has 0 heterocycles. The molecule has 19 heavy (non-hydrogen) atoms. The quantitative estimate of drug-likeness (QED) is 0.777. The zero-order chi connectivity index (χ0) is 14.3. The molecule has 1 aromatic rings. The fourth-order valence-electron chi connectivity index (χ4n) is 1.77. The highest BCUT2D eigenvalue weighted by molar-refractivity contribution is 6.31. The van der Waals surface area contributed by atoms with Gasteiger partial charge in [0.25, 0.3) is 0 Å². The van der Waals surface area contributed by atoms with Crippen molar-refractivity contribution in [1.29, 1.82) is 0 Å². The second-order valence-electron chi connectivity index (χ2n) is 4.77. The lowest BCUT2D eigenvalue weighted by molar-refractivity contribution is -0.116. The number of amides is 1. The van der Waals surface area contributed by atoms with E-state index in [2.05, 4.69) is 19.2 Å². The molecule has 2 nitrogen and oxygen atoms in total. The molecule has 0 aromatic heterocycles. The van der Waals surface area contributed by atoms with Crippen molar-refractivity contribution in [2.45, 2.75) is 33.6 Å². The van der Waals surface area contributed by atoms with Crippen molar-refractivity contribution >= 4 is 23.6 Å². The summed E-state index contributed by atoms with van der Waals surface area (Å²) >= 11 is 6.04. The third kappa shape index (κ3) is 5.48. The minimum atomic E-state index is -0.0522. The minimum Gasteiger partial charge on any atom is -0.352 e. The molecule has 0 unspecified atom stereocenters. The van der Waals surface area contributed by atoms with E-state index in [0.717, 1.165) is 35.5 Å². The standard InChI is InChI=1S/C16H22ClNO/c1-4-13(5-2)11-18-16(19)9-8-14-7-6-12(3)15(17)10-14/h6-10,13H,4-5,11H2,1-3H3,(H,18,19)/b9-8+. The highest BCUT2D eigenvalue weighted by Crippen LogP contribution is 2.17. The Labute approximate surface area is 120 Å². The SMILES string of the molecule is CCC(CC)CNC(=O)/C=C/c1ccc(C)c(Cl)c1. The molecule has 1 rings (SSSR count). The zero-order valence-electron chi connectivity index (χ0n) is 11.9. The summed E-state index contributed by atoms with van der Waals surface area (Å²) in [6.07, 6.45) is 5.53. The lowest BCUT2D eigenvalue weighted by Gasteiger charge is -2.11. The van der Waals surface area contributed by atoms with E-state index in [9.17, 15) is 4.79 Å². The zero-order valence-corrected chi connectivity index (χ0v) is 12.6. The highest BCUT2D eigenvalue weighted by Gasteiger charge is 2.04. The summed E-state index contributed by atoms with van der Waals surface area (Å²) in [4.78, 5) is 11.7. The summed E-state index contributed by atoms with van der Waals surface area (Å²) < 4.78 is 0. The van der Waals surface area contributed by atoms with E-state index >= 15 is 0 Å². The lowest BCUT2D eigenvalue weighted by Crippen LogP contribution is -2.27. The Morgan fingerprint density at radius 3 is 2.63 bits per heavy atom. The molecule has 104 valence electrons. The Balaban J connectivity index is 2.51. The van der Waals surface area contributed by atoms with Gasteiger partial charge in [-0.2, -0.15) is 0 Å². The predicted molar refractivity (Wildman–Crippen MR) is 82.3 cm³/mol. The molecule has 0 aliphatic carbocycles. The number of halogens is 1. The first-order valence-corrected chi connectivity index (χ1v) is 7.16. The molecular weight excluding hydrogens is 258 g/mol. The molecule has 0 atom stereocenters. The van der Waals surface area contributed by atoms with E-state index in [0.29, 0.717) is 5.92 Å². The third-order valence-corrected chi connectivity index (χ3v) is 3.75. The van der Waals surface area contributed by atoms with Crippen molar-refractivity contribution in [3.63, 3.8) is 0 Å². The van der Waals surface area contributed by atoms with Crippen molar-refractivity contribution in [3.05, 3.63) is 40.4 Å². The number of benzene rings is 1. The summed E-state index contributed by atoms with van der Waals surface area (Å²) in [6, 6.07) is 5.76. The fraction of sp³-hybridized carbons (Fsp3) is 0.438. The summed E-state index contributed by atoms with van der Waals surface area (Å²) in [6.45, 7) is 6.98. The first-order chi connectivity index (χ1) is 9.06. The topological polar surface area (TPSA) is 29.1 Å². The normalized spacial score (nSPS) is 11.2. The number of aryl methyl sites for hydroxylation is 1. The summed E-state index contributed by atoms with van der Waals surface area (Å²) in [5.74, 6) is 0.509. The third-order valence-electron chi connectivity index (χ3n) is 3.34. The second kappa shape index (κ2) is 8.00. The van der Waals surface area contributed by atoms with Crippen molar-refractivity contribution < 1.29 is 4.79 Å². The monoisotopic (exact) mass is 279 g/mol. The Bertz CT molecular complexity index is 450. The molecule has 0 aliphatic heterocycles. The molecule has 0 spiro atoms. The molecule has 1 aromatic carbocycles. The average molecular weight is 280 g/mol. The van der Waals surface area contributed by atoms with Crippen LogP contribution in [0.2, 0.25) is 5.02 Å². The number of rotatable bonds is 6. The van der Waals surface area contributed by atoms with Crippen LogP contribution in [0.3, 0.4) is 0 Å². The first-order valence-electron chi connectivity index (χ1n) is 6.78. The van der Waals surface area contributed by atoms with Crippen molar-refractivity contribution in [2.24, 2.45) is 5.92 Å². The molecule has 0 radical (unpaired) electrons. The number of hydrogen-bond donors (Lipinski definition) is 1. The van der Waals surface area contributed by atoms with Gasteiger partial charge in [0.05, 0.1) is 0 Å². The molecular formula is C16H22ClNO. The van der Waals surface area contributed by atoms with Gasteiger partial charge in [-0.3, -0.25) is 4.79 Å². The van der Waals surface area contributed by atoms with Crippen LogP contribution in [0.5, 0.6) is 0 Å². The largest absolute Gasteiger partial charge is 0.352 e. The van der Waals surface area contributed by atoms with Gasteiger partial charge in [-0.15, -0.1) is 0 Å². The van der Waals surface area contributed by atoms with Gasteiger partial charge in [-0.05, 0) is 36.1 Å². The number of carbonyl (C=O) groups excluding carboxylic acids is 1. The summed E-state index contributed by atoms with van der Waals surface area (Å²) in [7, 11) is 0. The van der Waals surface area contributed by atoms with Gasteiger partial charge in [0.15, 0.2) is 0 Å². The van der Waals surface area contributed by atoms with Crippen LogP contribution in [0.1, 0.15) is 37.8 Å². The van der Waals surface area contributed by atoms with Gasteiger partial charge in [0, 0.05) is 17.6 Å². The molecule has 0 fully saturated rings. The van der Waals surface area contributed by atoms with Crippen LogP contribution in [-0.2, 0) is 4.79 Å². The van der Waals surface area contributed by atoms with Gasteiger partial charge in [0.2, 0.25) is 5.91 Å². The molecule has 3 heteroatoms. The van der Waals surface area contributed by atoms with Gasteiger partial charge in [-0.25, -0.2) is 0 Å². The van der Waals surface area contributed by atoms with Crippen LogP contribution >= 0.6 is 11.6 Å². The number of hydrogen-bond acceptors (Lipinski definition) is 1. The maximum Gasteiger partial charge on any atom is 0.244 e. The predicted octanol–water partition coefficient (Wildman–Crippen LogP) is 4.21. The molecule has 1 amide bonds. The van der Waals surface area contributed by atoms with E-state index in [1.165, 1.54) is 0 Å². The van der Waals surface area contributed by atoms with Crippen LogP contribution < -0.4 is 5.32 Å². The Hall–Kier alpha value is -1.28. The van der Waals surface area contributed by atoms with Gasteiger partial charge < -0.3 is 5.32 Å². The van der Waals surface area contributed by atoms with Gasteiger partial charge >= 0.3 is 0 Å². The fourth-order valence-corrected chi connectivity index (χ4v) is 1.95. The van der Waals surface area contributed by atoms with Crippen LogP contribution in [0.25, 0.3) is 6.08 Å². The van der Waals surface area contributed by atoms with Crippen LogP contribution in [0, 0.1) is 12.8 Å². The lowest BCUT2D eigenvalue weighted by atomic mass is 10.0. The van der Waals surface area contributed by atoms with Gasteiger partial charge in [0.1, 0.15) is 0 Å². The minimum absolute atomic E-state index is 0.0522. The maximum atomic E-state index is 11.7. The maximum absolute atomic E-state index is 11.7. The van der Waals surface area contributed by atoms with Gasteiger partial charge in [-0.1, -0.05) is 50.4 Å². The van der Waals surface area contributed by atoms with Crippen LogP contribution in [0.4, 0.5) is 0 Å². The van der Waals surface area contributed by atoms with E-state index in [-0.39, 0.29) is 5.91 Å². The molecule has 0 saturated heterocycles. The Morgan fingerprint density at radius 1 is 1.37 bits per heavy atom. The van der Waals surface area contributed by atoms with Crippen molar-refractivity contribution in [1.82, 2.24) is 5.32 Å². The van der Waals surface area contributed by atoms with Crippen molar-refractivity contribution in [3.8, 4) is 0 Å². The highest BCUT2D eigenvalue weighted by atomic mass is 35.5. The van der Waals surface area contributed by atoms with Crippen molar-refractivity contribution in [2.75, 3.05) is 6.54 Å². The summed E-state index contributed by atoms with van der Waals surface area (Å²) in [5.41, 5.74) is 1.98.